The summed E-state index contributed by atoms with van der Waals surface area (Å²) < 4.78 is 29.9. The highest BCUT2D eigenvalue weighted by molar-refractivity contribution is 7.90. The number of piperidine rings is 1. The van der Waals surface area contributed by atoms with Crippen LogP contribution in [0.25, 0.3) is 0 Å². The summed E-state index contributed by atoms with van der Waals surface area (Å²) in [7, 11) is -0.934. The molecule has 2 unspecified atom stereocenters. The first-order chi connectivity index (χ1) is 8.39. The molecular weight excluding hydrogens is 256 g/mol. The Balaban J connectivity index is 2.63. The number of likely N-dealkylation sites (N-methyl/N-ethyl adjacent to an activating group) is 1. The first-order valence-electron chi connectivity index (χ1n) is 6.16. The number of carbonyl (C=O) groups excluding carboxylic acids is 1. The molecule has 1 aliphatic rings. The molecule has 0 radical (unpaired) electrons. The fourth-order valence-corrected chi connectivity index (χ4v) is 3.32. The highest BCUT2D eigenvalue weighted by Gasteiger charge is 2.33. The average Bonchev–Trinajstić information content (AvgIpc) is 2.37. The highest BCUT2D eigenvalue weighted by atomic mass is 32.2. The van der Waals surface area contributed by atoms with Gasteiger partial charge >= 0.3 is 5.97 Å². The lowest BCUT2D eigenvalue weighted by Gasteiger charge is -2.28. The van der Waals surface area contributed by atoms with Gasteiger partial charge in [0.15, 0.2) is 5.25 Å². The molecular formula is C11H22N2O4S. The van der Waals surface area contributed by atoms with E-state index in [2.05, 4.69) is 10.1 Å². The van der Waals surface area contributed by atoms with Gasteiger partial charge in [0.1, 0.15) is 0 Å². The van der Waals surface area contributed by atoms with Gasteiger partial charge in [-0.1, -0.05) is 6.42 Å². The molecule has 0 amide bonds. The Hall–Kier alpha value is -0.660. The van der Waals surface area contributed by atoms with Crippen LogP contribution < -0.4 is 5.32 Å². The van der Waals surface area contributed by atoms with Crippen LogP contribution in [0, 0.1) is 0 Å². The van der Waals surface area contributed by atoms with Crippen molar-refractivity contribution in [3.63, 3.8) is 0 Å². The van der Waals surface area contributed by atoms with Gasteiger partial charge in [-0.3, -0.25) is 4.79 Å². The quantitative estimate of drug-likeness (QED) is 0.714. The molecule has 7 heteroatoms. The van der Waals surface area contributed by atoms with Crippen molar-refractivity contribution in [2.24, 2.45) is 0 Å². The Bertz CT molecular complexity index is 377. The SMILES string of the molecule is COC(=O)C(C)S(=O)(=O)N(C)CC1CCCCN1. The lowest BCUT2D eigenvalue weighted by Crippen LogP contribution is -2.47. The normalized spacial score (nSPS) is 22.8. The highest BCUT2D eigenvalue weighted by Crippen LogP contribution is 2.13. The number of esters is 1. The van der Waals surface area contributed by atoms with Gasteiger partial charge in [-0.2, -0.15) is 0 Å². The molecule has 18 heavy (non-hydrogen) atoms. The number of hydrogen-bond acceptors (Lipinski definition) is 5. The molecule has 1 saturated heterocycles. The lowest BCUT2D eigenvalue weighted by atomic mass is 10.1. The van der Waals surface area contributed by atoms with Gasteiger partial charge < -0.3 is 10.1 Å². The second-order valence-corrected chi connectivity index (χ2v) is 7.00. The largest absolute Gasteiger partial charge is 0.468 e. The topological polar surface area (TPSA) is 75.7 Å². The minimum atomic E-state index is -3.63. The fraction of sp³-hybridized carbons (Fsp3) is 0.909. The third-order valence-electron chi connectivity index (χ3n) is 3.30. The summed E-state index contributed by atoms with van der Waals surface area (Å²) in [6.07, 6.45) is 3.20. The number of nitrogens with zero attached hydrogens (tertiary/aromatic N) is 1. The number of carbonyl (C=O) groups is 1. The van der Waals surface area contributed by atoms with Crippen molar-refractivity contribution >= 4 is 16.0 Å². The molecule has 106 valence electrons. The molecule has 0 saturated carbocycles. The van der Waals surface area contributed by atoms with E-state index in [0.29, 0.717) is 6.54 Å². The molecule has 1 fully saturated rings. The summed E-state index contributed by atoms with van der Waals surface area (Å²) >= 11 is 0. The zero-order valence-electron chi connectivity index (χ0n) is 11.2. The Kier molecular flexibility index (Phi) is 5.55. The summed E-state index contributed by atoms with van der Waals surface area (Å²) in [5, 5.41) is 2.13. The summed E-state index contributed by atoms with van der Waals surface area (Å²) in [6.45, 7) is 2.67. The number of nitrogens with one attached hydrogen (secondary N) is 1. The van der Waals surface area contributed by atoms with Crippen LogP contribution in [0.3, 0.4) is 0 Å². The van der Waals surface area contributed by atoms with E-state index in [9.17, 15) is 13.2 Å². The summed E-state index contributed by atoms with van der Waals surface area (Å²) in [5.74, 6) is -0.724. The summed E-state index contributed by atoms with van der Waals surface area (Å²) in [4.78, 5) is 11.3. The predicted octanol–water partition coefficient (Wildman–Crippen LogP) is -0.0484. The third kappa shape index (κ3) is 3.66. The number of rotatable bonds is 5. The molecule has 0 bridgehead atoms. The van der Waals surface area contributed by atoms with Gasteiger partial charge in [-0.25, -0.2) is 12.7 Å². The number of hydrogen-bond donors (Lipinski definition) is 1. The third-order valence-corrected chi connectivity index (χ3v) is 5.41. The lowest BCUT2D eigenvalue weighted by molar-refractivity contribution is -0.139. The Morgan fingerprint density at radius 3 is 2.67 bits per heavy atom. The van der Waals surface area contributed by atoms with Gasteiger partial charge in [-0.05, 0) is 26.3 Å². The number of ether oxygens (including phenoxy) is 1. The second-order valence-electron chi connectivity index (χ2n) is 4.64. The molecule has 1 aliphatic heterocycles. The van der Waals surface area contributed by atoms with Gasteiger partial charge in [0.05, 0.1) is 7.11 Å². The smallest absolute Gasteiger partial charge is 0.325 e. The molecule has 2 atom stereocenters. The molecule has 0 aliphatic carbocycles. The van der Waals surface area contributed by atoms with E-state index in [4.69, 9.17) is 0 Å². The molecule has 0 aromatic rings. The van der Waals surface area contributed by atoms with Gasteiger partial charge in [-0.15, -0.1) is 0 Å². The second kappa shape index (κ2) is 6.49. The van der Waals surface area contributed by atoms with Crippen LogP contribution in [0.1, 0.15) is 26.2 Å². The maximum Gasteiger partial charge on any atom is 0.325 e. The van der Waals surface area contributed by atoms with Crippen molar-refractivity contribution in [1.29, 1.82) is 0 Å². The molecule has 0 aromatic heterocycles. The molecule has 0 aromatic carbocycles. The van der Waals surface area contributed by atoms with Gasteiger partial charge in [0.2, 0.25) is 10.0 Å². The van der Waals surface area contributed by atoms with Crippen LogP contribution in [0.5, 0.6) is 0 Å². The number of methoxy groups -OCH3 is 1. The monoisotopic (exact) mass is 278 g/mol. The van der Waals surface area contributed by atoms with Crippen LogP contribution >= 0.6 is 0 Å². The first kappa shape index (κ1) is 15.4. The van der Waals surface area contributed by atoms with Crippen LogP contribution in [-0.4, -0.2) is 57.2 Å². The van der Waals surface area contributed by atoms with E-state index in [0.717, 1.165) is 25.8 Å². The minimum Gasteiger partial charge on any atom is -0.468 e. The Morgan fingerprint density at radius 2 is 2.17 bits per heavy atom. The van der Waals surface area contributed by atoms with E-state index in [-0.39, 0.29) is 6.04 Å². The van der Waals surface area contributed by atoms with E-state index in [1.165, 1.54) is 25.4 Å². The van der Waals surface area contributed by atoms with Gasteiger partial charge in [0.25, 0.3) is 0 Å². The number of sulfonamides is 1. The van der Waals surface area contributed by atoms with Crippen molar-refractivity contribution in [3.05, 3.63) is 0 Å². The molecule has 1 N–H and O–H groups in total. The van der Waals surface area contributed by atoms with Crippen LogP contribution in [0.2, 0.25) is 0 Å². The molecule has 1 heterocycles. The van der Waals surface area contributed by atoms with Crippen molar-refractivity contribution in [2.45, 2.75) is 37.5 Å². The van der Waals surface area contributed by atoms with E-state index >= 15 is 0 Å². The van der Waals surface area contributed by atoms with Crippen LogP contribution in [0.15, 0.2) is 0 Å². The average molecular weight is 278 g/mol. The van der Waals surface area contributed by atoms with E-state index < -0.39 is 21.2 Å². The van der Waals surface area contributed by atoms with Crippen molar-refractivity contribution in [1.82, 2.24) is 9.62 Å². The fourth-order valence-electron chi connectivity index (χ4n) is 2.05. The Morgan fingerprint density at radius 1 is 1.50 bits per heavy atom. The maximum atomic E-state index is 12.1. The zero-order valence-corrected chi connectivity index (χ0v) is 12.0. The van der Waals surface area contributed by atoms with Crippen LogP contribution in [0.4, 0.5) is 0 Å². The summed E-state index contributed by atoms with van der Waals surface area (Å²) in [6, 6.07) is 0.170. The predicted molar refractivity (Wildman–Crippen MR) is 68.7 cm³/mol. The minimum absolute atomic E-state index is 0.170. The maximum absolute atomic E-state index is 12.1. The first-order valence-corrected chi connectivity index (χ1v) is 7.66. The molecule has 0 spiro atoms. The Labute approximate surface area is 109 Å². The summed E-state index contributed by atoms with van der Waals surface area (Å²) in [5.41, 5.74) is 0. The van der Waals surface area contributed by atoms with Crippen molar-refractivity contribution < 1.29 is 17.9 Å². The van der Waals surface area contributed by atoms with E-state index in [1.807, 2.05) is 0 Å². The molecule has 1 rings (SSSR count). The van der Waals surface area contributed by atoms with Crippen molar-refractivity contribution in [3.8, 4) is 0 Å². The molecule has 6 nitrogen and oxygen atoms in total. The van der Waals surface area contributed by atoms with Crippen LogP contribution in [-0.2, 0) is 19.6 Å². The standard InChI is InChI=1S/C11H22N2O4S/c1-9(11(14)17-3)18(15,16)13(2)8-10-6-4-5-7-12-10/h9-10,12H,4-8H2,1-3H3. The van der Waals surface area contributed by atoms with Gasteiger partial charge in [0, 0.05) is 19.6 Å². The van der Waals surface area contributed by atoms with Crippen molar-refractivity contribution in [2.75, 3.05) is 27.2 Å². The zero-order chi connectivity index (χ0) is 13.8. The van der Waals surface area contributed by atoms with E-state index in [1.54, 1.807) is 0 Å².